The van der Waals surface area contributed by atoms with Gasteiger partial charge in [0.15, 0.2) is 11.6 Å². The first-order valence-corrected chi connectivity index (χ1v) is 6.49. The van der Waals surface area contributed by atoms with Gasteiger partial charge in [0.25, 0.3) is 0 Å². The molecule has 2 nitrogen and oxygen atoms in total. The largest absolute Gasteiger partial charge is 0.342 e. The lowest BCUT2D eigenvalue weighted by atomic mass is 10.1. The average Bonchev–Trinajstić information content (AvgIpc) is 2.31. The van der Waals surface area contributed by atoms with Gasteiger partial charge in [0.05, 0.1) is 6.42 Å². The van der Waals surface area contributed by atoms with E-state index < -0.39 is 11.6 Å². The Labute approximate surface area is 108 Å². The van der Waals surface area contributed by atoms with Gasteiger partial charge in [-0.1, -0.05) is 28.1 Å². The summed E-state index contributed by atoms with van der Waals surface area (Å²) in [5, 5.41) is 0.665. The third-order valence-electron chi connectivity index (χ3n) is 2.46. The summed E-state index contributed by atoms with van der Waals surface area (Å²) in [5.41, 5.74) is 0.100. The number of alkyl halides is 1. The molecule has 0 spiro atoms. The van der Waals surface area contributed by atoms with Gasteiger partial charge in [-0.15, -0.1) is 0 Å². The fourth-order valence-electron chi connectivity index (χ4n) is 1.52. The summed E-state index contributed by atoms with van der Waals surface area (Å²) < 4.78 is 26.3. The van der Waals surface area contributed by atoms with Crippen molar-refractivity contribution < 1.29 is 13.6 Å². The first-order chi connectivity index (χ1) is 8.10. The zero-order chi connectivity index (χ0) is 12.8. The van der Waals surface area contributed by atoms with Crippen molar-refractivity contribution in [3.8, 4) is 0 Å². The number of amides is 1. The molecule has 0 unspecified atom stereocenters. The number of benzene rings is 1. The zero-order valence-corrected chi connectivity index (χ0v) is 11.1. The Morgan fingerprint density at radius 3 is 2.71 bits per heavy atom. The molecule has 0 bridgehead atoms. The number of likely N-dealkylation sites (N-methyl/N-ethyl adjacent to an activating group) is 1. The van der Waals surface area contributed by atoms with Crippen LogP contribution in [-0.4, -0.2) is 29.2 Å². The Morgan fingerprint density at radius 2 is 2.12 bits per heavy atom. The Kier molecular flexibility index (Phi) is 5.55. The summed E-state index contributed by atoms with van der Waals surface area (Å²) in [4.78, 5) is 13.4. The molecule has 0 saturated carbocycles. The molecule has 1 aromatic carbocycles. The van der Waals surface area contributed by atoms with Crippen LogP contribution in [0.4, 0.5) is 8.78 Å². The minimum absolute atomic E-state index is 0.100. The molecular weight excluding hydrogens is 292 g/mol. The van der Waals surface area contributed by atoms with Crippen molar-refractivity contribution in [2.24, 2.45) is 0 Å². The second-order valence-corrected chi connectivity index (χ2v) is 4.35. The molecule has 0 aromatic heterocycles. The molecule has 1 aromatic rings. The van der Waals surface area contributed by atoms with Crippen LogP contribution in [-0.2, 0) is 11.2 Å². The number of halogens is 3. The second-order valence-electron chi connectivity index (χ2n) is 3.55. The first kappa shape index (κ1) is 14.1. The monoisotopic (exact) mass is 305 g/mol. The Hall–Kier alpha value is -0.970. The van der Waals surface area contributed by atoms with Crippen molar-refractivity contribution in [2.45, 2.75) is 13.3 Å². The summed E-state index contributed by atoms with van der Waals surface area (Å²) in [5.74, 6) is -2.05. The molecule has 0 fully saturated rings. The fourth-order valence-corrected chi connectivity index (χ4v) is 1.95. The van der Waals surface area contributed by atoms with Crippen LogP contribution in [0.2, 0.25) is 0 Å². The minimum atomic E-state index is -0.934. The topological polar surface area (TPSA) is 20.3 Å². The number of hydrogen-bond donors (Lipinski definition) is 0. The molecule has 0 radical (unpaired) electrons. The lowest BCUT2D eigenvalue weighted by molar-refractivity contribution is -0.130. The molecule has 0 aliphatic rings. The Morgan fingerprint density at radius 1 is 1.41 bits per heavy atom. The molecule has 0 N–H and O–H groups in total. The molecule has 17 heavy (non-hydrogen) atoms. The Balaban J connectivity index is 2.76. The lowest BCUT2D eigenvalue weighted by Crippen LogP contribution is -2.33. The Bertz CT molecular complexity index is 398. The van der Waals surface area contributed by atoms with Crippen LogP contribution in [0.3, 0.4) is 0 Å². The van der Waals surface area contributed by atoms with E-state index in [2.05, 4.69) is 15.9 Å². The van der Waals surface area contributed by atoms with E-state index in [1.54, 1.807) is 4.90 Å². The van der Waals surface area contributed by atoms with E-state index in [0.29, 0.717) is 18.4 Å². The molecule has 94 valence electrons. The highest BCUT2D eigenvalue weighted by Crippen LogP contribution is 2.13. The summed E-state index contributed by atoms with van der Waals surface area (Å²) in [6.45, 7) is 2.97. The normalized spacial score (nSPS) is 10.4. The van der Waals surface area contributed by atoms with E-state index in [-0.39, 0.29) is 17.9 Å². The van der Waals surface area contributed by atoms with Crippen LogP contribution in [0.25, 0.3) is 0 Å². The smallest absolute Gasteiger partial charge is 0.227 e. The van der Waals surface area contributed by atoms with Crippen LogP contribution in [0.15, 0.2) is 18.2 Å². The number of carbonyl (C=O) groups is 1. The SMILES string of the molecule is CCN(CCBr)C(=O)Cc1cccc(F)c1F. The van der Waals surface area contributed by atoms with E-state index in [9.17, 15) is 13.6 Å². The average molecular weight is 306 g/mol. The predicted molar refractivity (Wildman–Crippen MR) is 66.1 cm³/mol. The predicted octanol–water partition coefficient (Wildman–Crippen LogP) is 2.75. The number of nitrogens with zero attached hydrogens (tertiary/aromatic N) is 1. The number of hydrogen-bond acceptors (Lipinski definition) is 1. The highest BCUT2D eigenvalue weighted by Gasteiger charge is 2.15. The summed E-state index contributed by atoms with van der Waals surface area (Å²) in [6, 6.07) is 3.87. The fraction of sp³-hybridized carbons (Fsp3) is 0.417. The first-order valence-electron chi connectivity index (χ1n) is 5.36. The van der Waals surface area contributed by atoms with Gasteiger partial charge < -0.3 is 4.90 Å². The molecule has 0 heterocycles. The van der Waals surface area contributed by atoms with Gasteiger partial charge >= 0.3 is 0 Å². The quantitative estimate of drug-likeness (QED) is 0.766. The molecule has 5 heteroatoms. The highest BCUT2D eigenvalue weighted by molar-refractivity contribution is 9.09. The second kappa shape index (κ2) is 6.69. The van der Waals surface area contributed by atoms with E-state index in [1.807, 2.05) is 6.92 Å². The van der Waals surface area contributed by atoms with Crippen molar-refractivity contribution in [2.75, 3.05) is 18.4 Å². The van der Waals surface area contributed by atoms with Gasteiger partial charge in [-0.3, -0.25) is 4.79 Å². The van der Waals surface area contributed by atoms with Crippen molar-refractivity contribution in [1.29, 1.82) is 0 Å². The molecular formula is C12H14BrF2NO. The minimum Gasteiger partial charge on any atom is -0.342 e. The van der Waals surface area contributed by atoms with Gasteiger partial charge in [0, 0.05) is 24.0 Å². The van der Waals surface area contributed by atoms with Crippen LogP contribution in [0, 0.1) is 11.6 Å². The molecule has 0 aliphatic carbocycles. The molecule has 0 atom stereocenters. The van der Waals surface area contributed by atoms with E-state index in [4.69, 9.17) is 0 Å². The molecule has 0 aliphatic heterocycles. The maximum absolute atomic E-state index is 13.4. The van der Waals surface area contributed by atoms with Gasteiger partial charge in [0.1, 0.15) is 0 Å². The van der Waals surface area contributed by atoms with Gasteiger partial charge in [-0.25, -0.2) is 8.78 Å². The van der Waals surface area contributed by atoms with Crippen molar-refractivity contribution in [1.82, 2.24) is 4.90 Å². The molecule has 1 rings (SSSR count). The standard InChI is InChI=1S/C12H14BrF2NO/c1-2-16(7-6-13)11(17)8-9-4-3-5-10(14)12(9)15/h3-5H,2,6-8H2,1H3. The summed E-state index contributed by atoms with van der Waals surface area (Å²) >= 11 is 3.24. The maximum Gasteiger partial charge on any atom is 0.227 e. The van der Waals surface area contributed by atoms with Crippen molar-refractivity contribution in [3.05, 3.63) is 35.4 Å². The highest BCUT2D eigenvalue weighted by atomic mass is 79.9. The summed E-state index contributed by atoms with van der Waals surface area (Å²) in [7, 11) is 0. The third kappa shape index (κ3) is 3.77. The maximum atomic E-state index is 13.4. The van der Waals surface area contributed by atoms with Gasteiger partial charge in [0.2, 0.25) is 5.91 Å². The van der Waals surface area contributed by atoms with Crippen LogP contribution < -0.4 is 0 Å². The van der Waals surface area contributed by atoms with Crippen LogP contribution in [0.5, 0.6) is 0 Å². The van der Waals surface area contributed by atoms with Gasteiger partial charge in [-0.05, 0) is 13.0 Å². The van der Waals surface area contributed by atoms with Crippen molar-refractivity contribution >= 4 is 21.8 Å². The van der Waals surface area contributed by atoms with Gasteiger partial charge in [-0.2, -0.15) is 0 Å². The number of rotatable bonds is 5. The molecule has 0 saturated heterocycles. The third-order valence-corrected chi connectivity index (χ3v) is 2.82. The van der Waals surface area contributed by atoms with E-state index in [0.717, 1.165) is 6.07 Å². The van der Waals surface area contributed by atoms with Crippen LogP contribution in [0.1, 0.15) is 12.5 Å². The number of carbonyl (C=O) groups excluding carboxylic acids is 1. The van der Waals surface area contributed by atoms with E-state index >= 15 is 0 Å². The van der Waals surface area contributed by atoms with Crippen LogP contribution >= 0.6 is 15.9 Å². The molecule has 1 amide bonds. The van der Waals surface area contributed by atoms with Crippen molar-refractivity contribution in [3.63, 3.8) is 0 Å². The lowest BCUT2D eigenvalue weighted by Gasteiger charge is -2.19. The zero-order valence-electron chi connectivity index (χ0n) is 9.55. The summed E-state index contributed by atoms with van der Waals surface area (Å²) in [6.07, 6.45) is -0.107. The van der Waals surface area contributed by atoms with E-state index in [1.165, 1.54) is 12.1 Å².